The molecule has 104 valence electrons. The van der Waals surface area contributed by atoms with Crippen molar-refractivity contribution < 1.29 is 15.0 Å². The number of rotatable bonds is 2. The second-order valence-electron chi connectivity index (χ2n) is 5.68. The van der Waals surface area contributed by atoms with Crippen molar-refractivity contribution >= 4 is 5.91 Å². The van der Waals surface area contributed by atoms with E-state index in [2.05, 4.69) is 19.2 Å². The molecule has 0 spiro atoms. The zero-order valence-corrected chi connectivity index (χ0v) is 11.4. The van der Waals surface area contributed by atoms with Gasteiger partial charge in [0, 0.05) is 17.7 Å². The molecule has 0 aromatic heterocycles. The lowest BCUT2D eigenvalue weighted by Crippen LogP contribution is -2.39. The predicted molar refractivity (Wildman–Crippen MR) is 73.2 cm³/mol. The van der Waals surface area contributed by atoms with Crippen LogP contribution >= 0.6 is 0 Å². The monoisotopic (exact) mass is 263 g/mol. The number of benzene rings is 1. The van der Waals surface area contributed by atoms with Gasteiger partial charge in [-0.15, -0.1) is 0 Å². The third kappa shape index (κ3) is 3.40. The maximum absolute atomic E-state index is 12.1. The van der Waals surface area contributed by atoms with E-state index in [1.165, 1.54) is 18.2 Å². The summed E-state index contributed by atoms with van der Waals surface area (Å²) in [4.78, 5) is 12.1. The number of carbonyl (C=O) groups is 1. The lowest BCUT2D eigenvalue weighted by atomic mass is 9.79. The van der Waals surface area contributed by atoms with Crippen molar-refractivity contribution in [2.75, 3.05) is 0 Å². The van der Waals surface area contributed by atoms with E-state index in [0.29, 0.717) is 17.4 Å². The molecule has 3 N–H and O–H groups in total. The van der Waals surface area contributed by atoms with E-state index >= 15 is 0 Å². The number of phenols is 2. The first-order valence-corrected chi connectivity index (χ1v) is 6.79. The summed E-state index contributed by atoms with van der Waals surface area (Å²) in [5.74, 6) is 0.874. The number of hydrogen-bond acceptors (Lipinski definition) is 3. The Balaban J connectivity index is 2.01. The van der Waals surface area contributed by atoms with Crippen LogP contribution in [0.25, 0.3) is 0 Å². The van der Waals surface area contributed by atoms with Crippen LogP contribution in [0.1, 0.15) is 43.5 Å². The topological polar surface area (TPSA) is 69.6 Å². The molecule has 2 rings (SSSR count). The Morgan fingerprint density at radius 3 is 2.32 bits per heavy atom. The Kier molecular flexibility index (Phi) is 3.98. The first kappa shape index (κ1) is 13.7. The first-order valence-electron chi connectivity index (χ1n) is 6.79. The maximum Gasteiger partial charge on any atom is 0.251 e. The molecule has 0 saturated heterocycles. The predicted octanol–water partition coefficient (Wildman–Crippen LogP) is 2.65. The van der Waals surface area contributed by atoms with Crippen molar-refractivity contribution in [1.82, 2.24) is 5.32 Å². The maximum atomic E-state index is 12.1. The molecular weight excluding hydrogens is 242 g/mol. The Hall–Kier alpha value is -1.71. The zero-order chi connectivity index (χ0) is 14.0. The Morgan fingerprint density at radius 1 is 1.11 bits per heavy atom. The molecule has 4 heteroatoms. The Morgan fingerprint density at radius 2 is 1.74 bits per heavy atom. The van der Waals surface area contributed by atoms with Crippen molar-refractivity contribution in [3.05, 3.63) is 23.8 Å². The van der Waals surface area contributed by atoms with Crippen LogP contribution in [-0.2, 0) is 0 Å². The molecule has 0 aliphatic heterocycles. The van der Waals surface area contributed by atoms with Crippen molar-refractivity contribution in [1.29, 1.82) is 0 Å². The highest BCUT2D eigenvalue weighted by Crippen LogP contribution is 2.29. The van der Waals surface area contributed by atoms with Gasteiger partial charge < -0.3 is 15.5 Å². The minimum absolute atomic E-state index is 0.101. The normalized spacial score (nSPS) is 26.9. The Bertz CT molecular complexity index is 452. The summed E-state index contributed by atoms with van der Waals surface area (Å²) in [6.07, 6.45) is 3.09. The molecule has 1 amide bonds. The van der Waals surface area contributed by atoms with Crippen LogP contribution in [-0.4, -0.2) is 22.2 Å². The fraction of sp³-hybridized carbons (Fsp3) is 0.533. The van der Waals surface area contributed by atoms with Gasteiger partial charge in [0.2, 0.25) is 0 Å². The molecule has 4 nitrogen and oxygen atoms in total. The minimum Gasteiger partial charge on any atom is -0.508 e. The highest BCUT2D eigenvalue weighted by atomic mass is 16.3. The number of nitrogens with one attached hydrogen (secondary N) is 1. The average molecular weight is 263 g/mol. The summed E-state index contributed by atoms with van der Waals surface area (Å²) in [5.41, 5.74) is 0.295. The molecular formula is C15H21NO3. The average Bonchev–Trinajstić information content (AvgIpc) is 2.32. The lowest BCUT2D eigenvalue weighted by molar-refractivity contribution is 0.0910. The van der Waals surface area contributed by atoms with Crippen LogP contribution in [0, 0.1) is 11.8 Å². The number of amides is 1. The third-order valence-electron chi connectivity index (χ3n) is 4.10. The van der Waals surface area contributed by atoms with Crippen LogP contribution in [0.2, 0.25) is 0 Å². The van der Waals surface area contributed by atoms with Crippen molar-refractivity contribution in [2.24, 2.45) is 11.8 Å². The summed E-state index contributed by atoms with van der Waals surface area (Å²) in [7, 11) is 0. The van der Waals surface area contributed by atoms with Gasteiger partial charge in [0.05, 0.1) is 0 Å². The quantitative estimate of drug-likeness (QED) is 0.768. The van der Waals surface area contributed by atoms with E-state index in [9.17, 15) is 15.0 Å². The summed E-state index contributed by atoms with van der Waals surface area (Å²) in [6.45, 7) is 4.46. The number of phenolic OH excluding ortho intramolecular Hbond substituents is 2. The van der Waals surface area contributed by atoms with E-state index in [1.54, 1.807) is 0 Å². The largest absolute Gasteiger partial charge is 0.508 e. The van der Waals surface area contributed by atoms with E-state index in [-0.39, 0.29) is 23.4 Å². The molecule has 1 saturated carbocycles. The summed E-state index contributed by atoms with van der Waals surface area (Å²) in [6, 6.07) is 4.12. The van der Waals surface area contributed by atoms with Crippen LogP contribution in [0.3, 0.4) is 0 Å². The molecule has 1 aliphatic carbocycles. The SMILES string of the molecule is CC1CCC(NC(=O)c2cc(O)cc(O)c2)CC1C. The lowest BCUT2D eigenvalue weighted by Gasteiger charge is -2.32. The highest BCUT2D eigenvalue weighted by Gasteiger charge is 2.25. The Labute approximate surface area is 113 Å². The van der Waals surface area contributed by atoms with Crippen molar-refractivity contribution in [3.8, 4) is 11.5 Å². The van der Waals surface area contributed by atoms with Gasteiger partial charge >= 0.3 is 0 Å². The number of hydrogen-bond donors (Lipinski definition) is 3. The summed E-state index contributed by atoms with van der Waals surface area (Å²) < 4.78 is 0. The molecule has 19 heavy (non-hydrogen) atoms. The molecule has 0 bridgehead atoms. The fourth-order valence-corrected chi connectivity index (χ4v) is 2.67. The summed E-state index contributed by atoms with van der Waals surface area (Å²) in [5, 5.41) is 21.8. The standard InChI is InChI=1S/C15H21NO3/c1-9-3-4-12(5-10(9)2)16-15(19)11-6-13(17)8-14(18)7-11/h6-10,12,17-18H,3-5H2,1-2H3,(H,16,19). The van der Waals surface area contributed by atoms with Crippen LogP contribution < -0.4 is 5.32 Å². The van der Waals surface area contributed by atoms with Gasteiger partial charge in [-0.2, -0.15) is 0 Å². The number of carbonyl (C=O) groups excluding carboxylic acids is 1. The smallest absolute Gasteiger partial charge is 0.251 e. The minimum atomic E-state index is -0.238. The molecule has 1 aromatic rings. The van der Waals surface area contributed by atoms with Crippen LogP contribution in [0.5, 0.6) is 11.5 Å². The van der Waals surface area contributed by atoms with Crippen molar-refractivity contribution in [3.63, 3.8) is 0 Å². The van der Waals surface area contributed by atoms with Gasteiger partial charge in [0.25, 0.3) is 5.91 Å². The van der Waals surface area contributed by atoms with Gasteiger partial charge in [0.15, 0.2) is 0 Å². The third-order valence-corrected chi connectivity index (χ3v) is 4.10. The highest BCUT2D eigenvalue weighted by molar-refractivity contribution is 5.95. The second kappa shape index (κ2) is 5.51. The zero-order valence-electron chi connectivity index (χ0n) is 11.4. The molecule has 0 radical (unpaired) electrons. The molecule has 0 heterocycles. The summed E-state index contributed by atoms with van der Waals surface area (Å²) >= 11 is 0. The van der Waals surface area contributed by atoms with E-state index in [1.807, 2.05) is 0 Å². The van der Waals surface area contributed by atoms with Gasteiger partial charge in [0.1, 0.15) is 11.5 Å². The van der Waals surface area contributed by atoms with Crippen LogP contribution in [0.15, 0.2) is 18.2 Å². The van der Waals surface area contributed by atoms with E-state index in [0.717, 1.165) is 19.3 Å². The van der Waals surface area contributed by atoms with E-state index < -0.39 is 0 Å². The molecule has 1 aromatic carbocycles. The van der Waals surface area contributed by atoms with Gasteiger partial charge in [-0.25, -0.2) is 0 Å². The molecule has 1 fully saturated rings. The van der Waals surface area contributed by atoms with E-state index in [4.69, 9.17) is 0 Å². The van der Waals surface area contributed by atoms with Gasteiger partial charge in [-0.05, 0) is 43.2 Å². The van der Waals surface area contributed by atoms with Gasteiger partial charge in [-0.3, -0.25) is 4.79 Å². The molecule has 3 atom stereocenters. The first-order chi connectivity index (χ1) is 8.95. The van der Waals surface area contributed by atoms with Crippen molar-refractivity contribution in [2.45, 2.75) is 39.2 Å². The second-order valence-corrected chi connectivity index (χ2v) is 5.68. The van der Waals surface area contributed by atoms with Gasteiger partial charge in [-0.1, -0.05) is 13.8 Å². The number of aromatic hydroxyl groups is 2. The molecule has 1 aliphatic rings. The fourth-order valence-electron chi connectivity index (χ4n) is 2.67. The molecule has 3 unspecified atom stereocenters. The van der Waals surface area contributed by atoms with Crippen LogP contribution in [0.4, 0.5) is 0 Å².